The lowest BCUT2D eigenvalue weighted by molar-refractivity contribution is 0.311. The Morgan fingerprint density at radius 1 is 1.27 bits per heavy atom. The molecule has 2 aromatic rings. The Kier molecular flexibility index (Phi) is 4.90. The number of ether oxygens (including phenoxy) is 1. The van der Waals surface area contributed by atoms with Crippen LogP contribution in [0.5, 0.6) is 5.75 Å². The van der Waals surface area contributed by atoms with Crippen LogP contribution < -0.4 is 16.2 Å². The Hall–Kier alpha value is -2.24. The molecule has 0 fully saturated rings. The maximum Gasteiger partial charge on any atom is 0.330 e. The van der Waals surface area contributed by atoms with Crippen LogP contribution in [0.4, 0.5) is 10.2 Å². The lowest BCUT2D eigenvalue weighted by Gasteiger charge is -2.12. The Bertz CT molecular complexity index is 719. The fourth-order valence-corrected chi connectivity index (χ4v) is 2.43. The molecule has 0 aliphatic heterocycles. The van der Waals surface area contributed by atoms with Crippen molar-refractivity contribution in [2.75, 3.05) is 12.3 Å². The molecule has 2 N–H and O–H groups in total. The Morgan fingerprint density at radius 3 is 2.59 bits per heavy atom. The first kappa shape index (κ1) is 16.1. The van der Waals surface area contributed by atoms with E-state index < -0.39 is 0 Å². The number of rotatable bonds is 6. The highest BCUT2D eigenvalue weighted by atomic mass is 19.1. The van der Waals surface area contributed by atoms with Gasteiger partial charge in [-0.15, -0.1) is 0 Å². The SMILES string of the molecule is CCCOc1cc(F)ccc1Cn1c(N)c(C)n(CC)c1=O. The van der Waals surface area contributed by atoms with Crippen LogP contribution in [0.25, 0.3) is 0 Å². The second-order valence-corrected chi connectivity index (χ2v) is 5.18. The summed E-state index contributed by atoms with van der Waals surface area (Å²) in [4.78, 5) is 12.4. The normalized spacial score (nSPS) is 10.9. The van der Waals surface area contributed by atoms with Crippen LogP contribution in [0, 0.1) is 12.7 Å². The molecule has 0 radical (unpaired) electrons. The Labute approximate surface area is 129 Å². The molecule has 0 bridgehead atoms. The van der Waals surface area contributed by atoms with Gasteiger partial charge in [-0.1, -0.05) is 13.0 Å². The molecule has 0 aliphatic rings. The van der Waals surface area contributed by atoms with E-state index in [2.05, 4.69) is 0 Å². The second kappa shape index (κ2) is 6.68. The van der Waals surface area contributed by atoms with E-state index in [0.717, 1.165) is 17.7 Å². The van der Waals surface area contributed by atoms with E-state index in [0.29, 0.717) is 24.7 Å². The van der Waals surface area contributed by atoms with Crippen molar-refractivity contribution in [2.45, 2.75) is 40.3 Å². The third-order valence-electron chi connectivity index (χ3n) is 3.66. The van der Waals surface area contributed by atoms with E-state index in [-0.39, 0.29) is 18.1 Å². The molecule has 6 heteroatoms. The number of nitrogens with zero attached hydrogens (tertiary/aromatic N) is 2. The van der Waals surface area contributed by atoms with Crippen molar-refractivity contribution in [1.82, 2.24) is 9.13 Å². The van der Waals surface area contributed by atoms with Crippen molar-refractivity contribution in [3.8, 4) is 5.75 Å². The Morgan fingerprint density at radius 2 is 2.00 bits per heavy atom. The molecule has 22 heavy (non-hydrogen) atoms. The summed E-state index contributed by atoms with van der Waals surface area (Å²) in [7, 11) is 0. The highest BCUT2D eigenvalue weighted by Crippen LogP contribution is 2.22. The van der Waals surface area contributed by atoms with Crippen LogP contribution in [0.15, 0.2) is 23.0 Å². The molecule has 120 valence electrons. The zero-order valence-electron chi connectivity index (χ0n) is 13.2. The standard InChI is InChI=1S/C16H22FN3O2/c1-4-8-22-14-9-13(17)7-6-12(14)10-20-15(18)11(3)19(5-2)16(20)21/h6-7,9H,4-5,8,10,18H2,1-3H3. The van der Waals surface area contributed by atoms with Crippen LogP contribution in [-0.4, -0.2) is 15.7 Å². The lowest BCUT2D eigenvalue weighted by atomic mass is 10.2. The highest BCUT2D eigenvalue weighted by molar-refractivity contribution is 5.40. The van der Waals surface area contributed by atoms with E-state index in [1.54, 1.807) is 10.6 Å². The second-order valence-electron chi connectivity index (χ2n) is 5.18. The van der Waals surface area contributed by atoms with Crippen LogP contribution in [0.2, 0.25) is 0 Å². The smallest absolute Gasteiger partial charge is 0.330 e. The van der Waals surface area contributed by atoms with Crippen molar-refractivity contribution in [3.63, 3.8) is 0 Å². The van der Waals surface area contributed by atoms with Gasteiger partial charge >= 0.3 is 5.69 Å². The van der Waals surface area contributed by atoms with Gasteiger partial charge < -0.3 is 10.5 Å². The average Bonchev–Trinajstić information content (AvgIpc) is 2.70. The third kappa shape index (κ3) is 3.00. The summed E-state index contributed by atoms with van der Waals surface area (Å²) in [6, 6.07) is 4.33. The fourth-order valence-electron chi connectivity index (χ4n) is 2.43. The molecule has 5 nitrogen and oxygen atoms in total. The van der Waals surface area contributed by atoms with Gasteiger partial charge in [0.1, 0.15) is 17.4 Å². The molecule has 0 atom stereocenters. The molecular weight excluding hydrogens is 285 g/mol. The molecule has 1 aromatic heterocycles. The topological polar surface area (TPSA) is 62.2 Å². The van der Waals surface area contributed by atoms with Gasteiger partial charge in [0.25, 0.3) is 0 Å². The van der Waals surface area contributed by atoms with Crippen molar-refractivity contribution in [1.29, 1.82) is 0 Å². The van der Waals surface area contributed by atoms with Crippen molar-refractivity contribution in [2.24, 2.45) is 0 Å². The lowest BCUT2D eigenvalue weighted by Crippen LogP contribution is -2.25. The molecule has 0 spiro atoms. The summed E-state index contributed by atoms with van der Waals surface area (Å²) in [5, 5.41) is 0. The number of benzene rings is 1. The molecule has 0 saturated heterocycles. The van der Waals surface area contributed by atoms with E-state index in [1.165, 1.54) is 16.7 Å². The average molecular weight is 307 g/mol. The minimum absolute atomic E-state index is 0.164. The third-order valence-corrected chi connectivity index (χ3v) is 3.66. The summed E-state index contributed by atoms with van der Waals surface area (Å²) in [5.74, 6) is 0.519. The first-order valence-electron chi connectivity index (χ1n) is 7.46. The number of nitrogens with two attached hydrogens (primary N) is 1. The molecular formula is C16H22FN3O2. The minimum atomic E-state index is -0.363. The first-order valence-corrected chi connectivity index (χ1v) is 7.46. The zero-order chi connectivity index (χ0) is 16.3. The molecule has 1 heterocycles. The number of anilines is 1. The van der Waals surface area contributed by atoms with E-state index in [1.807, 2.05) is 20.8 Å². The Balaban J connectivity index is 2.41. The largest absolute Gasteiger partial charge is 0.493 e. The summed E-state index contributed by atoms with van der Waals surface area (Å²) in [5.41, 5.74) is 7.35. The molecule has 0 unspecified atom stereocenters. The first-order chi connectivity index (χ1) is 10.5. The van der Waals surface area contributed by atoms with Gasteiger partial charge in [0, 0.05) is 18.2 Å². The van der Waals surface area contributed by atoms with Gasteiger partial charge in [0.15, 0.2) is 0 Å². The van der Waals surface area contributed by atoms with Gasteiger partial charge in [0.2, 0.25) is 0 Å². The number of hydrogen-bond acceptors (Lipinski definition) is 3. The van der Waals surface area contributed by atoms with Crippen LogP contribution in [0.3, 0.4) is 0 Å². The molecule has 2 rings (SSSR count). The number of imidazole rings is 1. The van der Waals surface area contributed by atoms with E-state index in [9.17, 15) is 9.18 Å². The number of halogens is 1. The summed E-state index contributed by atoms with van der Waals surface area (Å²) < 4.78 is 22.1. The number of nitrogen functional groups attached to an aromatic ring is 1. The van der Waals surface area contributed by atoms with Crippen molar-refractivity contribution in [3.05, 3.63) is 45.8 Å². The van der Waals surface area contributed by atoms with Crippen molar-refractivity contribution < 1.29 is 9.13 Å². The summed E-state index contributed by atoms with van der Waals surface area (Å²) in [6.45, 7) is 7.01. The van der Waals surface area contributed by atoms with Crippen molar-refractivity contribution >= 4 is 5.82 Å². The molecule has 1 aromatic carbocycles. The monoisotopic (exact) mass is 307 g/mol. The van der Waals surface area contributed by atoms with Gasteiger partial charge in [-0.2, -0.15) is 0 Å². The molecule has 0 aliphatic carbocycles. The predicted octanol–water partition coefficient (Wildman–Crippen LogP) is 2.54. The van der Waals surface area contributed by atoms with E-state index in [4.69, 9.17) is 10.5 Å². The zero-order valence-corrected chi connectivity index (χ0v) is 13.2. The van der Waals surface area contributed by atoms with Crippen LogP contribution in [0.1, 0.15) is 31.5 Å². The predicted molar refractivity (Wildman–Crippen MR) is 84.8 cm³/mol. The van der Waals surface area contributed by atoms with Gasteiger partial charge in [0.05, 0.1) is 18.8 Å². The van der Waals surface area contributed by atoms with Gasteiger partial charge in [-0.05, 0) is 26.3 Å². The van der Waals surface area contributed by atoms with Gasteiger partial charge in [-0.25, -0.2) is 9.18 Å². The van der Waals surface area contributed by atoms with E-state index >= 15 is 0 Å². The quantitative estimate of drug-likeness (QED) is 0.892. The summed E-state index contributed by atoms with van der Waals surface area (Å²) in [6.07, 6.45) is 0.823. The highest BCUT2D eigenvalue weighted by Gasteiger charge is 2.15. The maximum absolute atomic E-state index is 13.4. The molecule has 0 amide bonds. The molecule has 0 saturated carbocycles. The fraction of sp³-hybridized carbons (Fsp3) is 0.438. The number of hydrogen-bond donors (Lipinski definition) is 1. The van der Waals surface area contributed by atoms with Crippen LogP contribution in [-0.2, 0) is 13.1 Å². The van der Waals surface area contributed by atoms with Crippen LogP contribution >= 0.6 is 0 Å². The van der Waals surface area contributed by atoms with Gasteiger partial charge in [-0.3, -0.25) is 9.13 Å². The maximum atomic E-state index is 13.4. The summed E-state index contributed by atoms with van der Waals surface area (Å²) >= 11 is 0. The minimum Gasteiger partial charge on any atom is -0.493 e. The number of aromatic nitrogens is 2.